The van der Waals surface area contributed by atoms with Crippen molar-refractivity contribution in [2.24, 2.45) is 5.92 Å². The van der Waals surface area contributed by atoms with Gasteiger partial charge in [-0.3, -0.25) is 9.59 Å². The van der Waals surface area contributed by atoms with Crippen LogP contribution in [-0.2, 0) is 9.53 Å². The van der Waals surface area contributed by atoms with Gasteiger partial charge in [-0.1, -0.05) is 12.1 Å². The minimum absolute atomic E-state index is 0.0379. The molecule has 1 aromatic carbocycles. The minimum Gasteiger partial charge on any atom is -0.507 e. The van der Waals surface area contributed by atoms with Gasteiger partial charge in [-0.15, -0.1) is 0 Å². The summed E-state index contributed by atoms with van der Waals surface area (Å²) in [6, 6.07) is 6.40. The smallest absolute Gasteiger partial charge is 0.310 e. The van der Waals surface area contributed by atoms with Crippen molar-refractivity contribution in [1.82, 2.24) is 4.90 Å². The fourth-order valence-electron chi connectivity index (χ4n) is 2.13. The molecule has 0 spiro atoms. The van der Waals surface area contributed by atoms with Crippen molar-refractivity contribution >= 4 is 11.9 Å². The van der Waals surface area contributed by atoms with Crippen LogP contribution >= 0.6 is 0 Å². The van der Waals surface area contributed by atoms with E-state index in [1.54, 1.807) is 23.1 Å². The molecular formula is C13H15NO4. The first-order chi connectivity index (χ1) is 8.63. The van der Waals surface area contributed by atoms with E-state index in [1.165, 1.54) is 13.2 Å². The van der Waals surface area contributed by atoms with Gasteiger partial charge in [0, 0.05) is 13.1 Å². The van der Waals surface area contributed by atoms with Crippen molar-refractivity contribution in [3.8, 4) is 5.75 Å². The Kier molecular flexibility index (Phi) is 3.50. The van der Waals surface area contributed by atoms with Gasteiger partial charge in [-0.25, -0.2) is 0 Å². The number of likely N-dealkylation sites (tertiary alicyclic amines) is 1. The molecule has 1 fully saturated rings. The van der Waals surface area contributed by atoms with Crippen molar-refractivity contribution < 1.29 is 19.4 Å². The van der Waals surface area contributed by atoms with Crippen LogP contribution < -0.4 is 0 Å². The lowest BCUT2D eigenvalue weighted by molar-refractivity contribution is -0.144. The predicted octanol–water partition coefficient (Wildman–Crippen LogP) is 1.03. The third-order valence-electron chi connectivity index (χ3n) is 3.14. The third kappa shape index (κ3) is 2.30. The summed E-state index contributed by atoms with van der Waals surface area (Å²) in [6.45, 7) is 0.854. The lowest BCUT2D eigenvalue weighted by Gasteiger charge is -2.16. The summed E-state index contributed by atoms with van der Waals surface area (Å²) >= 11 is 0. The number of carbonyl (C=O) groups excluding carboxylic acids is 2. The molecule has 1 N–H and O–H groups in total. The number of aromatic hydroxyl groups is 1. The fourth-order valence-corrected chi connectivity index (χ4v) is 2.13. The number of rotatable bonds is 2. The van der Waals surface area contributed by atoms with E-state index in [0.717, 1.165) is 0 Å². The summed E-state index contributed by atoms with van der Waals surface area (Å²) in [5.74, 6) is -0.837. The van der Waals surface area contributed by atoms with Gasteiger partial charge in [0.15, 0.2) is 0 Å². The van der Waals surface area contributed by atoms with Gasteiger partial charge in [-0.2, -0.15) is 0 Å². The Bertz CT molecular complexity index is 472. The maximum atomic E-state index is 12.1. The van der Waals surface area contributed by atoms with Crippen molar-refractivity contribution in [3.63, 3.8) is 0 Å². The Labute approximate surface area is 105 Å². The van der Waals surface area contributed by atoms with Crippen molar-refractivity contribution in [3.05, 3.63) is 29.8 Å². The normalized spacial score (nSPS) is 18.7. The summed E-state index contributed by atoms with van der Waals surface area (Å²) in [7, 11) is 1.34. The number of carbonyl (C=O) groups is 2. The summed E-state index contributed by atoms with van der Waals surface area (Å²) in [6.07, 6.45) is 0.603. The molecule has 0 saturated carbocycles. The Morgan fingerprint density at radius 1 is 1.39 bits per heavy atom. The topological polar surface area (TPSA) is 66.8 Å². The first-order valence-electron chi connectivity index (χ1n) is 5.78. The van der Waals surface area contributed by atoms with Crippen LogP contribution in [0.1, 0.15) is 16.8 Å². The number of hydrogen-bond donors (Lipinski definition) is 1. The van der Waals surface area contributed by atoms with Crippen molar-refractivity contribution in [2.45, 2.75) is 6.42 Å². The molecule has 1 unspecified atom stereocenters. The molecule has 1 saturated heterocycles. The number of amides is 1. The molecule has 0 bridgehead atoms. The third-order valence-corrected chi connectivity index (χ3v) is 3.14. The van der Waals surface area contributed by atoms with Gasteiger partial charge < -0.3 is 14.7 Å². The molecule has 1 atom stereocenters. The summed E-state index contributed by atoms with van der Waals surface area (Å²) < 4.78 is 4.67. The van der Waals surface area contributed by atoms with Crippen LogP contribution in [0.4, 0.5) is 0 Å². The van der Waals surface area contributed by atoms with Gasteiger partial charge in [0.25, 0.3) is 5.91 Å². The average molecular weight is 249 g/mol. The molecule has 96 valence electrons. The van der Waals surface area contributed by atoms with Crippen LogP contribution in [0.3, 0.4) is 0 Å². The second-order valence-electron chi connectivity index (χ2n) is 4.28. The van der Waals surface area contributed by atoms with Gasteiger partial charge in [0.2, 0.25) is 0 Å². The standard InChI is InChI=1S/C13H15NO4/c1-18-13(17)9-6-7-14(8-9)12(16)10-4-2-3-5-11(10)15/h2-5,9,15H,6-8H2,1H3. The van der Waals surface area contributed by atoms with Gasteiger partial charge in [0.1, 0.15) is 5.75 Å². The Morgan fingerprint density at radius 2 is 2.11 bits per heavy atom. The number of hydrogen-bond acceptors (Lipinski definition) is 4. The number of nitrogens with zero attached hydrogens (tertiary/aromatic N) is 1. The monoisotopic (exact) mass is 249 g/mol. The Morgan fingerprint density at radius 3 is 2.78 bits per heavy atom. The second kappa shape index (κ2) is 5.08. The minimum atomic E-state index is -0.289. The molecule has 5 nitrogen and oxygen atoms in total. The van der Waals surface area contributed by atoms with E-state index < -0.39 is 0 Å². The van der Waals surface area contributed by atoms with Crippen LogP contribution in [-0.4, -0.2) is 42.1 Å². The lowest BCUT2D eigenvalue weighted by Crippen LogP contribution is -2.30. The lowest BCUT2D eigenvalue weighted by atomic mass is 10.1. The second-order valence-corrected chi connectivity index (χ2v) is 4.28. The van der Waals surface area contributed by atoms with Crippen LogP contribution in [0.15, 0.2) is 24.3 Å². The summed E-state index contributed by atoms with van der Waals surface area (Å²) in [4.78, 5) is 25.1. The number of benzene rings is 1. The van der Waals surface area contributed by atoms with Crippen LogP contribution in [0.5, 0.6) is 5.75 Å². The van der Waals surface area contributed by atoms with Crippen LogP contribution in [0.25, 0.3) is 0 Å². The molecule has 1 heterocycles. The number of para-hydroxylation sites is 1. The number of phenolic OH excluding ortho intramolecular Hbond substituents is 1. The SMILES string of the molecule is COC(=O)C1CCN(C(=O)c2ccccc2O)C1. The molecule has 0 aromatic heterocycles. The van der Waals surface area contributed by atoms with E-state index in [-0.39, 0.29) is 29.1 Å². The largest absolute Gasteiger partial charge is 0.507 e. The molecule has 18 heavy (non-hydrogen) atoms. The number of methoxy groups -OCH3 is 1. The quantitative estimate of drug-likeness (QED) is 0.795. The molecule has 0 radical (unpaired) electrons. The highest BCUT2D eigenvalue weighted by atomic mass is 16.5. The molecular weight excluding hydrogens is 234 g/mol. The molecule has 1 aromatic rings. The molecule has 1 aliphatic heterocycles. The molecule has 1 aliphatic rings. The van der Waals surface area contributed by atoms with E-state index in [0.29, 0.717) is 19.5 Å². The van der Waals surface area contributed by atoms with Gasteiger partial charge in [0.05, 0.1) is 18.6 Å². The van der Waals surface area contributed by atoms with Crippen LogP contribution in [0, 0.1) is 5.92 Å². The fraction of sp³-hybridized carbons (Fsp3) is 0.385. The van der Waals surface area contributed by atoms with Gasteiger partial charge in [-0.05, 0) is 18.6 Å². The Hall–Kier alpha value is -2.04. The number of ether oxygens (including phenoxy) is 1. The summed E-state index contributed by atoms with van der Waals surface area (Å²) in [5, 5.41) is 9.62. The first kappa shape index (κ1) is 12.4. The highest BCUT2D eigenvalue weighted by Crippen LogP contribution is 2.23. The van der Waals surface area contributed by atoms with E-state index in [1.807, 2.05) is 0 Å². The zero-order valence-corrected chi connectivity index (χ0v) is 10.1. The maximum Gasteiger partial charge on any atom is 0.310 e. The zero-order valence-electron chi connectivity index (χ0n) is 10.1. The van der Waals surface area contributed by atoms with E-state index >= 15 is 0 Å². The maximum absolute atomic E-state index is 12.1. The molecule has 1 amide bonds. The first-order valence-corrected chi connectivity index (χ1v) is 5.78. The van der Waals surface area contributed by atoms with Crippen molar-refractivity contribution in [1.29, 1.82) is 0 Å². The van der Waals surface area contributed by atoms with Crippen LogP contribution in [0.2, 0.25) is 0 Å². The zero-order chi connectivity index (χ0) is 13.1. The summed E-state index contributed by atoms with van der Waals surface area (Å²) in [5.41, 5.74) is 0.267. The molecule has 0 aliphatic carbocycles. The number of phenols is 1. The van der Waals surface area contributed by atoms with Crippen molar-refractivity contribution in [2.75, 3.05) is 20.2 Å². The van der Waals surface area contributed by atoms with E-state index in [9.17, 15) is 14.7 Å². The Balaban J connectivity index is 2.08. The molecule has 2 rings (SSSR count). The van der Waals surface area contributed by atoms with E-state index in [2.05, 4.69) is 4.74 Å². The van der Waals surface area contributed by atoms with E-state index in [4.69, 9.17) is 0 Å². The highest BCUT2D eigenvalue weighted by molar-refractivity contribution is 5.97. The predicted molar refractivity (Wildman–Crippen MR) is 64.1 cm³/mol. The average Bonchev–Trinajstić information content (AvgIpc) is 2.87. The number of esters is 1. The molecule has 5 heteroatoms. The van der Waals surface area contributed by atoms with Gasteiger partial charge >= 0.3 is 5.97 Å². The highest BCUT2D eigenvalue weighted by Gasteiger charge is 2.32.